The van der Waals surface area contributed by atoms with Gasteiger partial charge in [-0.15, -0.1) is 0 Å². The lowest BCUT2D eigenvalue weighted by Crippen LogP contribution is -2.45. The second-order valence-electron chi connectivity index (χ2n) is 9.22. The number of hydrogen-bond donors (Lipinski definition) is 2. The Balaban J connectivity index is 1.97. The first-order valence-electron chi connectivity index (χ1n) is 9.39. The molecule has 2 N–H and O–H groups in total. The fourth-order valence-electron chi connectivity index (χ4n) is 3.02. The minimum absolute atomic E-state index is 0.0642. The van der Waals surface area contributed by atoms with Gasteiger partial charge in [0.15, 0.2) is 0 Å². The first-order valence-corrected chi connectivity index (χ1v) is 9.39. The first-order chi connectivity index (χ1) is 12.8. The maximum atomic E-state index is 12.6. The van der Waals surface area contributed by atoms with Crippen LogP contribution >= 0.6 is 0 Å². The van der Waals surface area contributed by atoms with Gasteiger partial charge in [-0.2, -0.15) is 0 Å². The van der Waals surface area contributed by atoms with Gasteiger partial charge in [-0.1, -0.05) is 20.8 Å². The van der Waals surface area contributed by atoms with Crippen LogP contribution in [0.3, 0.4) is 0 Å². The van der Waals surface area contributed by atoms with E-state index in [1.165, 1.54) is 23.1 Å². The monoisotopic (exact) mass is 387 g/mol. The molecule has 1 aliphatic heterocycles. The Bertz CT molecular complexity index is 816. The normalized spacial score (nSPS) is 14.1. The molecule has 4 amide bonds. The molecule has 0 aliphatic carbocycles. The first kappa shape index (κ1) is 21.6. The zero-order valence-corrected chi connectivity index (χ0v) is 17.4. The minimum atomic E-state index is -0.638. The molecule has 0 radical (unpaired) electrons. The molecule has 0 saturated heterocycles. The van der Waals surface area contributed by atoms with Crippen molar-refractivity contribution in [2.75, 3.05) is 13.1 Å². The lowest BCUT2D eigenvalue weighted by Gasteiger charge is -2.29. The van der Waals surface area contributed by atoms with Crippen molar-refractivity contribution in [3.8, 4) is 0 Å². The zero-order valence-electron chi connectivity index (χ0n) is 17.4. The number of nitrogens with zero attached hydrogens (tertiary/aromatic N) is 1. The third kappa shape index (κ3) is 4.97. The third-order valence-corrected chi connectivity index (χ3v) is 4.24. The average molecular weight is 387 g/mol. The highest BCUT2D eigenvalue weighted by Gasteiger charge is 2.42. The van der Waals surface area contributed by atoms with Gasteiger partial charge in [0.05, 0.1) is 11.1 Å². The largest absolute Gasteiger partial charge is 0.354 e. The molecule has 0 bridgehead atoms. The van der Waals surface area contributed by atoms with E-state index in [-0.39, 0.29) is 35.2 Å². The van der Waals surface area contributed by atoms with Crippen LogP contribution in [0.25, 0.3) is 0 Å². The molecule has 1 aromatic carbocycles. The number of imide groups is 1. The molecular weight excluding hydrogens is 358 g/mol. The molecule has 28 heavy (non-hydrogen) atoms. The SMILES string of the molecule is CC(C)(C)CC(=O)NCCNC(=O)c1ccc2c(c1)C(=O)N(C(C)(C)C)C2=O. The summed E-state index contributed by atoms with van der Waals surface area (Å²) in [5, 5.41) is 5.48. The van der Waals surface area contributed by atoms with Gasteiger partial charge in [0.25, 0.3) is 17.7 Å². The molecule has 0 saturated carbocycles. The predicted octanol–water partition coefficient (Wildman–Crippen LogP) is 2.36. The lowest BCUT2D eigenvalue weighted by atomic mass is 9.92. The van der Waals surface area contributed by atoms with Gasteiger partial charge in [0, 0.05) is 30.6 Å². The number of hydrogen-bond acceptors (Lipinski definition) is 4. The average Bonchev–Trinajstić information content (AvgIpc) is 2.80. The van der Waals surface area contributed by atoms with Crippen molar-refractivity contribution < 1.29 is 19.2 Å². The van der Waals surface area contributed by atoms with Crippen LogP contribution in [0.15, 0.2) is 18.2 Å². The summed E-state index contributed by atoms with van der Waals surface area (Å²) in [5.74, 6) is -1.16. The summed E-state index contributed by atoms with van der Waals surface area (Å²) < 4.78 is 0. The van der Waals surface area contributed by atoms with Crippen molar-refractivity contribution in [3.05, 3.63) is 34.9 Å². The van der Waals surface area contributed by atoms with E-state index in [0.29, 0.717) is 24.1 Å². The quantitative estimate of drug-likeness (QED) is 0.599. The van der Waals surface area contributed by atoms with Crippen LogP contribution in [0.4, 0.5) is 0 Å². The van der Waals surface area contributed by atoms with E-state index in [4.69, 9.17) is 0 Å². The number of rotatable bonds is 5. The maximum absolute atomic E-state index is 12.6. The highest BCUT2D eigenvalue weighted by molar-refractivity contribution is 6.22. The third-order valence-electron chi connectivity index (χ3n) is 4.24. The van der Waals surface area contributed by atoms with Crippen molar-refractivity contribution in [1.82, 2.24) is 15.5 Å². The second kappa shape index (κ2) is 7.73. The van der Waals surface area contributed by atoms with Crippen molar-refractivity contribution in [2.24, 2.45) is 5.41 Å². The summed E-state index contributed by atoms with van der Waals surface area (Å²) in [4.78, 5) is 50.4. The predicted molar refractivity (Wildman–Crippen MR) is 106 cm³/mol. The Morgan fingerprint density at radius 2 is 1.46 bits per heavy atom. The van der Waals surface area contributed by atoms with Crippen molar-refractivity contribution in [2.45, 2.75) is 53.5 Å². The number of benzene rings is 1. The van der Waals surface area contributed by atoms with Crippen molar-refractivity contribution in [3.63, 3.8) is 0 Å². The van der Waals surface area contributed by atoms with E-state index in [0.717, 1.165) is 0 Å². The van der Waals surface area contributed by atoms with Gasteiger partial charge in [-0.3, -0.25) is 24.1 Å². The van der Waals surface area contributed by atoms with E-state index in [1.54, 1.807) is 20.8 Å². The Morgan fingerprint density at radius 1 is 0.893 bits per heavy atom. The van der Waals surface area contributed by atoms with Gasteiger partial charge in [-0.25, -0.2) is 0 Å². The van der Waals surface area contributed by atoms with Crippen LogP contribution in [0.5, 0.6) is 0 Å². The number of carbonyl (C=O) groups is 4. The number of amides is 4. The summed E-state index contributed by atoms with van der Waals surface area (Å²) in [5.41, 5.74) is 0.123. The molecule has 1 heterocycles. The summed E-state index contributed by atoms with van der Waals surface area (Å²) in [6.07, 6.45) is 0.409. The molecule has 0 spiro atoms. The number of nitrogens with one attached hydrogen (secondary N) is 2. The molecule has 7 nitrogen and oxygen atoms in total. The van der Waals surface area contributed by atoms with Crippen molar-refractivity contribution in [1.29, 1.82) is 0 Å². The molecule has 7 heteroatoms. The van der Waals surface area contributed by atoms with E-state index in [2.05, 4.69) is 10.6 Å². The molecular formula is C21H29N3O4. The maximum Gasteiger partial charge on any atom is 0.262 e. The minimum Gasteiger partial charge on any atom is -0.354 e. The topological polar surface area (TPSA) is 95.6 Å². The molecule has 152 valence electrons. The van der Waals surface area contributed by atoms with Crippen LogP contribution in [0, 0.1) is 5.41 Å². The lowest BCUT2D eigenvalue weighted by molar-refractivity contribution is -0.122. The van der Waals surface area contributed by atoms with Crippen LogP contribution in [-0.2, 0) is 4.79 Å². The van der Waals surface area contributed by atoms with Gasteiger partial charge >= 0.3 is 0 Å². The Kier molecular flexibility index (Phi) is 5.97. The van der Waals surface area contributed by atoms with Crippen molar-refractivity contribution >= 4 is 23.6 Å². The van der Waals surface area contributed by atoms with Gasteiger partial charge in [0.2, 0.25) is 5.91 Å². The molecule has 2 rings (SSSR count). The Morgan fingerprint density at radius 3 is 2.04 bits per heavy atom. The van der Waals surface area contributed by atoms with Gasteiger partial charge in [0.1, 0.15) is 0 Å². The second-order valence-corrected chi connectivity index (χ2v) is 9.22. The van der Waals surface area contributed by atoms with Crippen LogP contribution in [-0.4, -0.2) is 47.2 Å². The van der Waals surface area contributed by atoms with E-state index >= 15 is 0 Å². The molecule has 1 aromatic rings. The smallest absolute Gasteiger partial charge is 0.262 e. The fraction of sp³-hybridized carbons (Fsp3) is 0.524. The van der Waals surface area contributed by atoms with E-state index in [9.17, 15) is 19.2 Å². The molecule has 0 atom stereocenters. The fourth-order valence-corrected chi connectivity index (χ4v) is 3.02. The number of carbonyl (C=O) groups excluding carboxylic acids is 4. The van der Waals surface area contributed by atoms with Crippen LogP contribution in [0.1, 0.15) is 79.0 Å². The summed E-state index contributed by atoms with van der Waals surface area (Å²) in [7, 11) is 0. The molecule has 0 unspecified atom stereocenters. The number of fused-ring (bicyclic) bond motifs is 1. The van der Waals surface area contributed by atoms with Crippen LogP contribution < -0.4 is 10.6 Å². The Labute approximate surface area is 165 Å². The standard InChI is InChI=1S/C21H29N3O4/c1-20(2,3)12-16(25)22-9-10-23-17(26)13-7-8-14-15(11-13)19(28)24(18(14)27)21(4,5)6/h7-8,11H,9-10,12H2,1-6H3,(H,22,25)(H,23,26). The zero-order chi connectivity index (χ0) is 21.3. The molecule has 0 fully saturated rings. The van der Waals surface area contributed by atoms with E-state index in [1.807, 2.05) is 20.8 Å². The molecule has 1 aliphatic rings. The highest BCUT2D eigenvalue weighted by Crippen LogP contribution is 2.29. The van der Waals surface area contributed by atoms with Crippen LogP contribution in [0.2, 0.25) is 0 Å². The summed E-state index contributed by atoms with van der Waals surface area (Å²) >= 11 is 0. The summed E-state index contributed by atoms with van der Waals surface area (Å²) in [6, 6.07) is 4.50. The Hall–Kier alpha value is -2.70. The summed E-state index contributed by atoms with van der Waals surface area (Å²) in [6.45, 7) is 11.9. The van der Waals surface area contributed by atoms with E-state index < -0.39 is 11.4 Å². The van der Waals surface area contributed by atoms with Gasteiger partial charge < -0.3 is 10.6 Å². The molecule has 0 aromatic heterocycles. The van der Waals surface area contributed by atoms with Gasteiger partial charge in [-0.05, 0) is 44.4 Å². The highest BCUT2D eigenvalue weighted by atomic mass is 16.2.